The van der Waals surface area contributed by atoms with Crippen molar-refractivity contribution in [2.24, 2.45) is 5.10 Å². The molecule has 0 saturated heterocycles. The van der Waals surface area contributed by atoms with E-state index < -0.39 is 55.1 Å². The Labute approximate surface area is 270 Å². The number of amides is 1. The minimum absolute atomic E-state index is 0.000480. The molecule has 254 valence electrons. The van der Waals surface area contributed by atoms with Crippen LogP contribution in [0.15, 0.2) is 63.7 Å². The highest BCUT2D eigenvalue weighted by Crippen LogP contribution is 2.20. The minimum atomic E-state index is -4.29. The summed E-state index contributed by atoms with van der Waals surface area (Å²) in [5.41, 5.74) is 2.38. The molecular weight excluding hydrogens is 660 g/mol. The first-order valence-electron chi connectivity index (χ1n) is 14.3. The maximum Gasteiger partial charge on any atom is 0.360 e. The SMILES string of the molecule is CCOC(=O)C1=NN(CCCS(=O)(=O)O)C(=O)C1=C=C/C(=C/Cc1c(C(=O)OCC)[nH]n(CCCS(=O)(=O)O)c1=O)c1ccccc1. The van der Waals surface area contributed by atoms with Crippen LogP contribution in [0.3, 0.4) is 0 Å². The zero-order chi connectivity index (χ0) is 34.8. The van der Waals surface area contributed by atoms with Gasteiger partial charge in [0.05, 0.1) is 30.3 Å². The van der Waals surface area contributed by atoms with Crippen molar-refractivity contribution in [1.29, 1.82) is 0 Å². The highest BCUT2D eigenvalue weighted by atomic mass is 32.2. The summed E-state index contributed by atoms with van der Waals surface area (Å²) >= 11 is 0. The van der Waals surface area contributed by atoms with Crippen LogP contribution in [0.1, 0.15) is 48.3 Å². The molecule has 1 aromatic carbocycles. The lowest BCUT2D eigenvalue weighted by Crippen LogP contribution is -2.25. The number of aromatic amines is 1. The Balaban J connectivity index is 2.06. The van der Waals surface area contributed by atoms with Crippen LogP contribution in [0.25, 0.3) is 5.57 Å². The van der Waals surface area contributed by atoms with Crippen LogP contribution < -0.4 is 5.56 Å². The number of allylic oxidation sites excluding steroid dienone is 2. The highest BCUT2D eigenvalue weighted by Gasteiger charge is 2.35. The number of aromatic nitrogens is 2. The maximum atomic E-state index is 13.3. The van der Waals surface area contributed by atoms with Gasteiger partial charge in [0, 0.05) is 13.1 Å². The van der Waals surface area contributed by atoms with Crippen molar-refractivity contribution in [3.05, 3.63) is 81.0 Å². The van der Waals surface area contributed by atoms with Gasteiger partial charge in [0.2, 0.25) is 0 Å². The van der Waals surface area contributed by atoms with E-state index in [2.05, 4.69) is 15.9 Å². The van der Waals surface area contributed by atoms with E-state index in [0.717, 1.165) is 9.69 Å². The number of hydrazone groups is 1. The number of nitrogens with one attached hydrogen (secondary N) is 1. The molecule has 0 radical (unpaired) electrons. The summed E-state index contributed by atoms with van der Waals surface area (Å²) in [6, 6.07) is 8.68. The third-order valence-corrected chi connectivity index (χ3v) is 8.08. The molecule has 0 spiro atoms. The van der Waals surface area contributed by atoms with Crippen molar-refractivity contribution in [2.75, 3.05) is 31.3 Å². The summed E-state index contributed by atoms with van der Waals surface area (Å²) in [7, 11) is -8.57. The van der Waals surface area contributed by atoms with E-state index in [0.29, 0.717) is 11.1 Å². The fourth-order valence-corrected chi connectivity index (χ4v) is 5.35. The summed E-state index contributed by atoms with van der Waals surface area (Å²) in [4.78, 5) is 51.8. The Morgan fingerprint density at radius 3 is 2.13 bits per heavy atom. The predicted molar refractivity (Wildman–Crippen MR) is 169 cm³/mol. The third-order valence-electron chi connectivity index (χ3n) is 6.47. The number of aryl methyl sites for hydroxylation is 1. The van der Waals surface area contributed by atoms with Gasteiger partial charge in [0.15, 0.2) is 5.71 Å². The van der Waals surface area contributed by atoms with E-state index >= 15 is 0 Å². The second-order valence-corrected chi connectivity index (χ2v) is 13.1. The van der Waals surface area contributed by atoms with E-state index in [4.69, 9.17) is 18.6 Å². The number of benzene rings is 1. The Morgan fingerprint density at radius 1 is 0.936 bits per heavy atom. The number of esters is 2. The largest absolute Gasteiger partial charge is 0.461 e. The zero-order valence-electron chi connectivity index (χ0n) is 25.5. The fraction of sp³-hybridized carbons (Fsp3) is 0.379. The number of hydrogen-bond acceptors (Lipinski definition) is 11. The highest BCUT2D eigenvalue weighted by molar-refractivity contribution is 7.86. The summed E-state index contributed by atoms with van der Waals surface area (Å²) in [5.74, 6) is -3.74. The second-order valence-electron chi connectivity index (χ2n) is 9.91. The lowest BCUT2D eigenvalue weighted by Gasteiger charge is -2.09. The molecule has 1 aromatic heterocycles. The van der Waals surface area contributed by atoms with Gasteiger partial charge in [-0.15, -0.1) is 5.73 Å². The zero-order valence-corrected chi connectivity index (χ0v) is 27.2. The van der Waals surface area contributed by atoms with Gasteiger partial charge in [-0.05, 0) is 50.3 Å². The van der Waals surface area contributed by atoms with Crippen molar-refractivity contribution < 1.29 is 49.8 Å². The van der Waals surface area contributed by atoms with Crippen LogP contribution in [0.4, 0.5) is 0 Å². The maximum absolute atomic E-state index is 13.3. The quantitative estimate of drug-likeness (QED) is 0.0744. The summed E-state index contributed by atoms with van der Waals surface area (Å²) in [6.07, 6.45) is 2.53. The number of H-pyrrole nitrogens is 1. The summed E-state index contributed by atoms with van der Waals surface area (Å²) < 4.78 is 73.7. The Hall–Kier alpha value is -4.61. The Morgan fingerprint density at radius 2 is 1.53 bits per heavy atom. The number of rotatable bonds is 16. The first-order valence-corrected chi connectivity index (χ1v) is 17.6. The van der Waals surface area contributed by atoms with Gasteiger partial charge in [-0.1, -0.05) is 36.4 Å². The molecule has 2 heterocycles. The van der Waals surface area contributed by atoms with Gasteiger partial charge in [-0.25, -0.2) is 14.6 Å². The van der Waals surface area contributed by atoms with Crippen LogP contribution in [-0.2, 0) is 52.3 Å². The smallest absolute Gasteiger partial charge is 0.360 e. The number of nitrogens with zero attached hydrogens (tertiary/aromatic N) is 3. The third kappa shape index (κ3) is 10.7. The van der Waals surface area contributed by atoms with Crippen LogP contribution in [0.5, 0.6) is 0 Å². The molecule has 1 amide bonds. The van der Waals surface area contributed by atoms with Crippen molar-refractivity contribution in [1.82, 2.24) is 14.8 Å². The molecule has 2 aromatic rings. The monoisotopic (exact) mass is 694 g/mol. The second kappa shape index (κ2) is 16.3. The standard InChI is InChI=1S/C29H34N4O12S2/c1-3-44-28(36)24-22(26(34)32(30-24)16-8-18-46(38,39)40)14-12-21(20-10-6-5-7-11-20)13-15-23-25(29(37)45-4-2)31-33(27(23)35)17-9-19-47(41,42)43/h5-7,10-13,30H,3-4,8-9,14,16-19H2,1-2H3,(H,38,39,40)(H,41,42,43)/b21-12-. The van der Waals surface area contributed by atoms with Gasteiger partial charge in [-0.2, -0.15) is 21.9 Å². The number of carbonyl (C=O) groups excluding carboxylic acids is 3. The minimum Gasteiger partial charge on any atom is -0.461 e. The average molecular weight is 695 g/mol. The molecule has 0 saturated carbocycles. The van der Waals surface area contributed by atoms with Crippen molar-refractivity contribution in [3.63, 3.8) is 0 Å². The molecule has 0 atom stereocenters. The summed E-state index contributed by atoms with van der Waals surface area (Å²) in [5, 5.41) is 7.51. The Kier molecular flexibility index (Phi) is 12.8. The number of hydrogen-bond donors (Lipinski definition) is 3. The molecule has 3 N–H and O–H groups in total. The van der Waals surface area contributed by atoms with Crippen molar-refractivity contribution in [2.45, 2.75) is 39.7 Å². The van der Waals surface area contributed by atoms with Gasteiger partial charge in [0.1, 0.15) is 11.3 Å². The molecule has 47 heavy (non-hydrogen) atoms. The first-order chi connectivity index (χ1) is 22.1. The summed E-state index contributed by atoms with van der Waals surface area (Å²) in [6.45, 7) is 2.76. The van der Waals surface area contributed by atoms with Crippen LogP contribution in [0.2, 0.25) is 0 Å². The van der Waals surface area contributed by atoms with Crippen molar-refractivity contribution >= 4 is 49.4 Å². The van der Waals surface area contributed by atoms with E-state index in [-0.39, 0.29) is 68.1 Å². The lowest BCUT2D eigenvalue weighted by molar-refractivity contribution is -0.135. The predicted octanol–water partition coefficient (Wildman–Crippen LogP) is 1.38. The van der Waals surface area contributed by atoms with Crippen LogP contribution >= 0.6 is 0 Å². The van der Waals surface area contributed by atoms with Gasteiger partial charge >= 0.3 is 11.9 Å². The van der Waals surface area contributed by atoms with E-state index in [9.17, 15) is 36.0 Å². The van der Waals surface area contributed by atoms with E-state index in [1.165, 1.54) is 6.08 Å². The van der Waals surface area contributed by atoms with Crippen LogP contribution in [0, 0.1) is 0 Å². The molecule has 1 aliphatic rings. The number of ether oxygens (including phenoxy) is 2. The lowest BCUT2D eigenvalue weighted by atomic mass is 10.0. The topological polar surface area (TPSA) is 232 Å². The van der Waals surface area contributed by atoms with Crippen molar-refractivity contribution in [3.8, 4) is 0 Å². The van der Waals surface area contributed by atoms with E-state index in [1.54, 1.807) is 50.3 Å². The molecule has 0 aliphatic carbocycles. The number of carbonyl (C=O) groups is 3. The molecule has 0 bridgehead atoms. The normalized spacial score (nSPS) is 13.7. The first kappa shape index (κ1) is 36.9. The van der Waals surface area contributed by atoms with E-state index in [1.807, 2.05) is 0 Å². The van der Waals surface area contributed by atoms with Gasteiger partial charge in [-0.3, -0.25) is 28.5 Å². The molecular formula is C29H34N4O12S2. The molecule has 18 heteroatoms. The fourth-order valence-electron chi connectivity index (χ4n) is 4.37. The molecule has 16 nitrogen and oxygen atoms in total. The van der Waals surface area contributed by atoms with Crippen LogP contribution in [-0.4, -0.2) is 95.6 Å². The Bertz CT molecular complexity index is 1900. The molecule has 1 aliphatic heterocycles. The molecule has 3 rings (SSSR count). The van der Waals surface area contributed by atoms with Gasteiger partial charge < -0.3 is 9.47 Å². The molecule has 0 fully saturated rings. The van der Waals surface area contributed by atoms with Gasteiger partial charge in [0.25, 0.3) is 31.7 Å². The molecule has 0 unspecified atom stereocenters. The average Bonchev–Trinajstić information content (AvgIpc) is 3.48.